The molecule has 5 heteroatoms. The minimum atomic E-state index is -0.441. The van der Waals surface area contributed by atoms with Crippen molar-refractivity contribution in [2.24, 2.45) is 0 Å². The molecular formula is C10H12N3OS. The Morgan fingerprint density at radius 2 is 2.00 bits per heavy atom. The summed E-state index contributed by atoms with van der Waals surface area (Å²) in [6.07, 6.45) is 0. The number of hydrogen-bond donors (Lipinski definition) is 3. The molecule has 1 aromatic carbocycles. The van der Waals surface area contributed by atoms with E-state index < -0.39 is 5.91 Å². The molecule has 0 unspecified atom stereocenters. The molecule has 0 saturated heterocycles. The van der Waals surface area contributed by atoms with Crippen LogP contribution in [0.5, 0.6) is 0 Å². The highest BCUT2D eigenvalue weighted by Gasteiger charge is 1.99. The molecule has 1 amide bonds. The third-order valence-corrected chi connectivity index (χ3v) is 1.91. The van der Waals surface area contributed by atoms with Gasteiger partial charge in [-0.25, -0.2) is 0 Å². The average molecular weight is 222 g/mol. The van der Waals surface area contributed by atoms with Crippen molar-refractivity contribution in [1.82, 2.24) is 10.9 Å². The molecule has 1 aromatic rings. The van der Waals surface area contributed by atoms with Crippen LogP contribution in [0.15, 0.2) is 24.3 Å². The van der Waals surface area contributed by atoms with Gasteiger partial charge in [-0.05, 0) is 30.8 Å². The van der Waals surface area contributed by atoms with Gasteiger partial charge in [0, 0.05) is 12.6 Å². The third-order valence-electron chi connectivity index (χ3n) is 1.71. The van der Waals surface area contributed by atoms with Crippen LogP contribution >= 0.6 is 12.2 Å². The molecule has 0 aliphatic carbocycles. The van der Waals surface area contributed by atoms with Crippen molar-refractivity contribution in [2.75, 3.05) is 5.32 Å². The highest BCUT2D eigenvalue weighted by Crippen LogP contribution is 2.12. The maximum absolute atomic E-state index is 10.5. The normalized spacial score (nSPS) is 9.20. The van der Waals surface area contributed by atoms with Crippen molar-refractivity contribution < 1.29 is 4.79 Å². The van der Waals surface area contributed by atoms with E-state index in [0.29, 0.717) is 5.11 Å². The first-order valence-corrected chi connectivity index (χ1v) is 4.75. The molecule has 0 bridgehead atoms. The smallest absolute Gasteiger partial charge is 0.238 e. The van der Waals surface area contributed by atoms with Crippen LogP contribution in [0.1, 0.15) is 5.56 Å². The zero-order chi connectivity index (χ0) is 11.3. The second-order valence-electron chi connectivity index (χ2n) is 2.94. The Balaban J connectivity index is 2.52. The Bertz CT molecular complexity index is 379. The number of anilines is 1. The monoisotopic (exact) mass is 222 g/mol. The minimum Gasteiger partial charge on any atom is -0.331 e. The number of para-hydroxylation sites is 1. The maximum Gasteiger partial charge on any atom is 0.238 e. The second kappa shape index (κ2) is 5.31. The average Bonchev–Trinajstić information content (AvgIpc) is 2.18. The van der Waals surface area contributed by atoms with E-state index in [-0.39, 0.29) is 0 Å². The fraction of sp³-hybridized carbons (Fsp3) is 0.100. The van der Waals surface area contributed by atoms with Crippen molar-refractivity contribution >= 4 is 28.9 Å². The van der Waals surface area contributed by atoms with E-state index in [4.69, 9.17) is 12.2 Å². The first-order valence-electron chi connectivity index (χ1n) is 4.34. The molecular weight excluding hydrogens is 210 g/mol. The first kappa shape index (κ1) is 11.5. The topological polar surface area (TPSA) is 53.2 Å². The molecule has 3 N–H and O–H groups in total. The van der Waals surface area contributed by atoms with Crippen LogP contribution in [-0.2, 0) is 4.79 Å². The Labute approximate surface area is 94.0 Å². The molecule has 0 aliphatic rings. The van der Waals surface area contributed by atoms with E-state index in [2.05, 4.69) is 23.1 Å². The zero-order valence-electron chi connectivity index (χ0n) is 8.33. The number of hydrazine groups is 1. The predicted molar refractivity (Wildman–Crippen MR) is 64.0 cm³/mol. The summed E-state index contributed by atoms with van der Waals surface area (Å²) in [7, 11) is 0. The summed E-state index contributed by atoms with van der Waals surface area (Å²) >= 11 is 4.95. The lowest BCUT2D eigenvalue weighted by Crippen LogP contribution is -2.42. The van der Waals surface area contributed by atoms with Gasteiger partial charge < -0.3 is 5.32 Å². The number of carbonyl (C=O) groups excluding carboxylic acids is 1. The summed E-state index contributed by atoms with van der Waals surface area (Å²) in [5.41, 5.74) is 6.77. The Hall–Kier alpha value is -1.62. The standard InChI is InChI=1S/C10H12N3OS/c1-7-5-3-4-6-9(7)11-10(15)13-12-8(2)14/h3-6H,2H2,1H3,(H,12,14)(H2,11,13,15). The summed E-state index contributed by atoms with van der Waals surface area (Å²) in [6, 6.07) is 7.70. The van der Waals surface area contributed by atoms with E-state index in [1.807, 2.05) is 31.2 Å². The van der Waals surface area contributed by atoms with Crippen molar-refractivity contribution in [3.63, 3.8) is 0 Å². The van der Waals surface area contributed by atoms with E-state index in [1.165, 1.54) is 0 Å². The molecule has 0 saturated carbocycles. The van der Waals surface area contributed by atoms with Gasteiger partial charge in [0.15, 0.2) is 5.11 Å². The Morgan fingerprint density at radius 3 is 2.60 bits per heavy atom. The van der Waals surface area contributed by atoms with Gasteiger partial charge in [-0.15, -0.1) is 0 Å². The highest BCUT2D eigenvalue weighted by molar-refractivity contribution is 7.80. The summed E-state index contributed by atoms with van der Waals surface area (Å²) < 4.78 is 0. The molecule has 0 heterocycles. The number of nitrogens with one attached hydrogen (secondary N) is 3. The summed E-state index contributed by atoms with van der Waals surface area (Å²) in [4.78, 5) is 10.5. The SMILES string of the molecule is [CH2]C(=O)NNC(=S)Nc1ccccc1C. The summed E-state index contributed by atoms with van der Waals surface area (Å²) in [5, 5.41) is 3.26. The molecule has 0 aliphatic heterocycles. The molecule has 15 heavy (non-hydrogen) atoms. The van der Waals surface area contributed by atoms with Crippen molar-refractivity contribution in [1.29, 1.82) is 0 Å². The number of hydrogen-bond acceptors (Lipinski definition) is 2. The van der Waals surface area contributed by atoms with E-state index in [1.54, 1.807) is 0 Å². The number of benzene rings is 1. The fourth-order valence-corrected chi connectivity index (χ4v) is 1.15. The summed E-state index contributed by atoms with van der Waals surface area (Å²) in [5.74, 6) is -0.441. The molecule has 1 rings (SSSR count). The Kier molecular flexibility index (Phi) is 4.05. The maximum atomic E-state index is 10.5. The number of rotatable bonds is 1. The van der Waals surface area contributed by atoms with E-state index in [0.717, 1.165) is 11.3 Å². The van der Waals surface area contributed by atoms with Gasteiger partial charge in [0.1, 0.15) is 0 Å². The van der Waals surface area contributed by atoms with Crippen molar-refractivity contribution in [3.8, 4) is 0 Å². The molecule has 4 nitrogen and oxygen atoms in total. The van der Waals surface area contributed by atoms with Gasteiger partial charge >= 0.3 is 0 Å². The van der Waals surface area contributed by atoms with Crippen LogP contribution in [0.25, 0.3) is 0 Å². The van der Waals surface area contributed by atoms with E-state index in [9.17, 15) is 4.79 Å². The predicted octanol–water partition coefficient (Wildman–Crippen LogP) is 1.15. The molecule has 79 valence electrons. The number of thiocarbonyl (C=S) groups is 1. The Morgan fingerprint density at radius 1 is 1.33 bits per heavy atom. The number of carbonyl (C=O) groups is 1. The molecule has 1 radical (unpaired) electrons. The van der Waals surface area contributed by atoms with Crippen LogP contribution in [-0.4, -0.2) is 11.0 Å². The fourth-order valence-electron chi connectivity index (χ4n) is 0.993. The van der Waals surface area contributed by atoms with Gasteiger partial charge in [-0.2, -0.15) is 0 Å². The molecule has 0 atom stereocenters. The molecule has 0 aromatic heterocycles. The van der Waals surface area contributed by atoms with Crippen LogP contribution in [0.2, 0.25) is 0 Å². The van der Waals surface area contributed by atoms with Gasteiger partial charge in [-0.3, -0.25) is 15.6 Å². The quantitative estimate of drug-likeness (QED) is 0.493. The van der Waals surface area contributed by atoms with Gasteiger partial charge in [0.25, 0.3) is 0 Å². The van der Waals surface area contributed by atoms with Crippen molar-refractivity contribution in [3.05, 3.63) is 36.8 Å². The lowest BCUT2D eigenvalue weighted by molar-refractivity contribution is -0.117. The lowest BCUT2D eigenvalue weighted by atomic mass is 10.2. The van der Waals surface area contributed by atoms with Crippen LogP contribution in [0.4, 0.5) is 5.69 Å². The van der Waals surface area contributed by atoms with E-state index >= 15 is 0 Å². The van der Waals surface area contributed by atoms with Crippen molar-refractivity contribution in [2.45, 2.75) is 6.92 Å². The van der Waals surface area contributed by atoms with Gasteiger partial charge in [0.2, 0.25) is 5.91 Å². The highest BCUT2D eigenvalue weighted by atomic mass is 32.1. The second-order valence-corrected chi connectivity index (χ2v) is 3.35. The van der Waals surface area contributed by atoms with Gasteiger partial charge in [-0.1, -0.05) is 18.2 Å². The van der Waals surface area contributed by atoms with Crippen LogP contribution in [0.3, 0.4) is 0 Å². The largest absolute Gasteiger partial charge is 0.331 e. The molecule has 0 fully saturated rings. The number of aryl methyl sites for hydroxylation is 1. The first-order chi connectivity index (χ1) is 7.09. The lowest BCUT2D eigenvalue weighted by Gasteiger charge is -2.11. The third kappa shape index (κ3) is 3.95. The number of amides is 1. The van der Waals surface area contributed by atoms with Crippen LogP contribution < -0.4 is 16.2 Å². The minimum absolute atomic E-state index is 0.321. The van der Waals surface area contributed by atoms with Gasteiger partial charge in [0.05, 0.1) is 0 Å². The van der Waals surface area contributed by atoms with Crippen LogP contribution in [0, 0.1) is 13.8 Å². The summed E-state index contributed by atoms with van der Waals surface area (Å²) in [6.45, 7) is 5.10. The zero-order valence-corrected chi connectivity index (χ0v) is 9.15. The molecule has 0 spiro atoms.